The third-order valence-corrected chi connectivity index (χ3v) is 6.05. The summed E-state index contributed by atoms with van der Waals surface area (Å²) in [4.78, 5) is 0.678. The molecule has 2 rings (SSSR count). The molecule has 0 radical (unpaired) electrons. The van der Waals surface area contributed by atoms with Crippen molar-refractivity contribution >= 4 is 31.4 Å². The molecule has 1 N–H and O–H groups in total. The highest BCUT2D eigenvalue weighted by molar-refractivity contribution is 7.89. The van der Waals surface area contributed by atoms with Gasteiger partial charge in [-0.3, -0.25) is 0 Å². The first kappa shape index (κ1) is 14.2. The fourth-order valence-electron chi connectivity index (χ4n) is 1.90. The summed E-state index contributed by atoms with van der Waals surface area (Å²) >= 11 is 1.30. The first-order chi connectivity index (χ1) is 9.02. The molecule has 0 aliphatic heterocycles. The number of hydrogen-bond acceptors (Lipinski definition) is 4. The van der Waals surface area contributed by atoms with Crippen LogP contribution in [0.15, 0.2) is 41.8 Å². The van der Waals surface area contributed by atoms with Gasteiger partial charge in [0, 0.05) is 23.7 Å². The lowest BCUT2D eigenvalue weighted by Gasteiger charge is -2.15. The molecule has 0 fully saturated rings. The highest BCUT2D eigenvalue weighted by Crippen LogP contribution is 2.35. The van der Waals surface area contributed by atoms with Crippen molar-refractivity contribution in [3.63, 3.8) is 0 Å². The number of aliphatic hydroxyl groups is 1. The minimum atomic E-state index is -3.61. The van der Waals surface area contributed by atoms with E-state index in [1.807, 2.05) is 12.1 Å². The summed E-state index contributed by atoms with van der Waals surface area (Å²) in [6, 6.07) is 7.26. The van der Waals surface area contributed by atoms with Gasteiger partial charge in [-0.25, -0.2) is 8.42 Å². The van der Waals surface area contributed by atoms with E-state index in [-0.39, 0.29) is 18.0 Å². The van der Waals surface area contributed by atoms with Gasteiger partial charge in [0.1, 0.15) is 4.90 Å². The van der Waals surface area contributed by atoms with E-state index in [1.54, 1.807) is 12.1 Å². The number of fused-ring (bicyclic) bond motifs is 1. The molecule has 0 atom stereocenters. The molecule has 1 aromatic heterocycles. The molecule has 0 aliphatic rings. The zero-order valence-corrected chi connectivity index (χ0v) is 12.2. The molecule has 19 heavy (non-hydrogen) atoms. The van der Waals surface area contributed by atoms with Crippen molar-refractivity contribution in [1.29, 1.82) is 0 Å². The van der Waals surface area contributed by atoms with Crippen LogP contribution in [0.2, 0.25) is 0 Å². The number of thiophene rings is 1. The van der Waals surface area contributed by atoms with Gasteiger partial charge in [-0.1, -0.05) is 24.3 Å². The maximum absolute atomic E-state index is 12.6. The van der Waals surface area contributed by atoms with Gasteiger partial charge in [0.05, 0.1) is 11.5 Å². The first-order valence-corrected chi connectivity index (χ1v) is 7.96. The second-order valence-corrected chi connectivity index (χ2v) is 7.20. The fraction of sp³-hybridized carbons (Fsp3) is 0.231. The Labute approximate surface area is 116 Å². The molecule has 6 heteroatoms. The Morgan fingerprint density at radius 1 is 1.42 bits per heavy atom. The molecule has 4 nitrogen and oxygen atoms in total. The van der Waals surface area contributed by atoms with E-state index in [4.69, 9.17) is 0 Å². The number of sulfonamides is 1. The van der Waals surface area contributed by atoms with E-state index < -0.39 is 10.0 Å². The molecule has 0 amide bonds. The van der Waals surface area contributed by atoms with E-state index in [0.29, 0.717) is 10.3 Å². The van der Waals surface area contributed by atoms with Crippen molar-refractivity contribution in [2.75, 3.05) is 13.6 Å². The van der Waals surface area contributed by atoms with Gasteiger partial charge in [-0.15, -0.1) is 17.9 Å². The summed E-state index contributed by atoms with van der Waals surface area (Å²) in [5, 5.41) is 10.1. The zero-order chi connectivity index (χ0) is 14.0. The average Bonchev–Trinajstić information content (AvgIpc) is 2.77. The minimum absolute atomic E-state index is 0.208. The lowest BCUT2D eigenvalue weighted by molar-refractivity contribution is 0.282. The molecule has 102 valence electrons. The van der Waals surface area contributed by atoms with Crippen molar-refractivity contribution in [2.45, 2.75) is 11.5 Å². The monoisotopic (exact) mass is 297 g/mol. The predicted molar refractivity (Wildman–Crippen MR) is 77.8 cm³/mol. The molecule has 2 aromatic rings. The quantitative estimate of drug-likeness (QED) is 0.861. The van der Waals surface area contributed by atoms with Crippen LogP contribution in [0.3, 0.4) is 0 Å². The standard InChI is InChI=1S/C13H15NO3S2/c1-3-8-14(2)19(16,17)13-10-6-4-5-7-11(10)18-12(13)9-15/h3-7,15H,1,8-9H2,2H3. The molecule has 0 bridgehead atoms. The molecule has 0 aliphatic carbocycles. The van der Waals surface area contributed by atoms with E-state index in [0.717, 1.165) is 4.70 Å². The van der Waals surface area contributed by atoms with Crippen molar-refractivity contribution in [2.24, 2.45) is 0 Å². The summed E-state index contributed by atoms with van der Waals surface area (Å²) in [6.45, 7) is 3.50. The van der Waals surface area contributed by atoms with Gasteiger partial charge in [0.2, 0.25) is 10.0 Å². The van der Waals surface area contributed by atoms with Gasteiger partial charge in [-0.2, -0.15) is 4.31 Å². The second kappa shape index (κ2) is 5.42. The van der Waals surface area contributed by atoms with Gasteiger partial charge < -0.3 is 5.11 Å². The van der Waals surface area contributed by atoms with Crippen molar-refractivity contribution in [3.05, 3.63) is 41.8 Å². The Morgan fingerprint density at radius 2 is 2.11 bits per heavy atom. The van der Waals surface area contributed by atoms with E-state index in [9.17, 15) is 13.5 Å². The topological polar surface area (TPSA) is 57.6 Å². The summed E-state index contributed by atoms with van der Waals surface area (Å²) in [5.74, 6) is 0. The molecule has 1 aromatic carbocycles. The highest BCUT2D eigenvalue weighted by Gasteiger charge is 2.27. The second-order valence-electron chi connectivity index (χ2n) is 4.08. The highest BCUT2D eigenvalue weighted by atomic mass is 32.2. The fourth-order valence-corrected chi connectivity index (χ4v) is 4.78. The summed E-state index contributed by atoms with van der Waals surface area (Å²) in [5.41, 5.74) is 0. The molecule has 1 heterocycles. The van der Waals surface area contributed by atoms with Crippen LogP contribution in [0.5, 0.6) is 0 Å². The maximum Gasteiger partial charge on any atom is 0.244 e. The Balaban J connectivity index is 2.70. The van der Waals surface area contributed by atoms with E-state index >= 15 is 0 Å². The number of rotatable bonds is 5. The third-order valence-electron chi connectivity index (χ3n) is 2.82. The third kappa shape index (κ3) is 2.44. The lowest BCUT2D eigenvalue weighted by atomic mass is 10.2. The predicted octanol–water partition coefficient (Wildman–Crippen LogP) is 2.20. The number of benzene rings is 1. The maximum atomic E-state index is 12.6. The SMILES string of the molecule is C=CCN(C)S(=O)(=O)c1c(CO)sc2ccccc12. The van der Waals surface area contributed by atoms with Crippen LogP contribution < -0.4 is 0 Å². The Kier molecular flexibility index (Phi) is 4.05. The van der Waals surface area contributed by atoms with Gasteiger partial charge in [-0.05, 0) is 6.07 Å². The Bertz CT molecular complexity index is 704. The molecule has 0 saturated carbocycles. The number of aliphatic hydroxyl groups excluding tert-OH is 1. The summed E-state index contributed by atoms with van der Waals surface area (Å²) in [7, 11) is -2.11. The number of hydrogen-bond donors (Lipinski definition) is 1. The van der Waals surface area contributed by atoms with Gasteiger partial charge >= 0.3 is 0 Å². The van der Waals surface area contributed by atoms with E-state index in [1.165, 1.54) is 28.8 Å². The van der Waals surface area contributed by atoms with Crippen LogP contribution in [0.25, 0.3) is 10.1 Å². The van der Waals surface area contributed by atoms with E-state index in [2.05, 4.69) is 6.58 Å². The zero-order valence-electron chi connectivity index (χ0n) is 10.5. The van der Waals surface area contributed by atoms with Crippen molar-refractivity contribution in [1.82, 2.24) is 4.31 Å². The largest absolute Gasteiger partial charge is 0.391 e. The Hall–Kier alpha value is -1.21. The van der Waals surface area contributed by atoms with Crippen LogP contribution in [0, 0.1) is 0 Å². The lowest BCUT2D eigenvalue weighted by Crippen LogP contribution is -2.27. The summed E-state index contributed by atoms with van der Waals surface area (Å²) < 4.78 is 27.2. The number of nitrogens with zero attached hydrogens (tertiary/aromatic N) is 1. The minimum Gasteiger partial charge on any atom is -0.391 e. The van der Waals surface area contributed by atoms with Crippen LogP contribution in [0.1, 0.15) is 4.88 Å². The molecule has 0 spiro atoms. The van der Waals surface area contributed by atoms with Crippen LogP contribution >= 0.6 is 11.3 Å². The van der Waals surface area contributed by atoms with Crippen molar-refractivity contribution < 1.29 is 13.5 Å². The first-order valence-electron chi connectivity index (χ1n) is 5.71. The van der Waals surface area contributed by atoms with Gasteiger partial charge in [0.25, 0.3) is 0 Å². The average molecular weight is 297 g/mol. The number of likely N-dealkylation sites (N-methyl/N-ethyl adjacent to an activating group) is 1. The van der Waals surface area contributed by atoms with Crippen molar-refractivity contribution in [3.8, 4) is 0 Å². The van der Waals surface area contributed by atoms with Crippen LogP contribution in [-0.2, 0) is 16.6 Å². The van der Waals surface area contributed by atoms with Gasteiger partial charge in [0.15, 0.2) is 0 Å². The molecule has 0 unspecified atom stereocenters. The summed E-state index contributed by atoms with van der Waals surface area (Å²) in [6.07, 6.45) is 1.53. The van der Waals surface area contributed by atoms with Crippen LogP contribution in [-0.4, -0.2) is 31.4 Å². The van der Waals surface area contributed by atoms with Crippen LogP contribution in [0.4, 0.5) is 0 Å². The molecular weight excluding hydrogens is 282 g/mol. The normalized spacial score (nSPS) is 12.2. The molecular formula is C13H15NO3S2. The Morgan fingerprint density at radius 3 is 2.74 bits per heavy atom. The molecule has 0 saturated heterocycles. The smallest absolute Gasteiger partial charge is 0.244 e.